The molecule has 0 spiro atoms. The molecule has 2 aliphatic rings. The number of aliphatic hydroxyl groups excluding tert-OH is 1. The van der Waals surface area contributed by atoms with Gasteiger partial charge in [-0.2, -0.15) is 5.26 Å². The van der Waals surface area contributed by atoms with Crippen LogP contribution in [0.15, 0.2) is 73.1 Å². The Morgan fingerprint density at radius 1 is 1.02 bits per heavy atom. The van der Waals surface area contributed by atoms with Gasteiger partial charge < -0.3 is 9.84 Å². The standard InChI is InChI=1S/C35H32ClF2N3O2/c36-32-14-25(20-41-10-8-26(42)9-11-41)35(43-21-23-12-22(17-39)18-40-19-23)15-24(32)13-31-28-6-3-5-27(30(28)16-34(31)38)29-4-1-2-7-33(29)37/h1-7,12,14-15,18-19,26,31,34,42H,8-11,13,16,20-21H2/t31-,34?/m1/s1. The molecule has 1 N–H and O–H groups in total. The molecule has 1 saturated heterocycles. The van der Waals surface area contributed by atoms with Crippen LogP contribution in [0, 0.1) is 17.1 Å². The van der Waals surface area contributed by atoms with Gasteiger partial charge in [-0.25, -0.2) is 8.78 Å². The van der Waals surface area contributed by atoms with E-state index < -0.39 is 12.1 Å². The van der Waals surface area contributed by atoms with E-state index in [0.29, 0.717) is 47.7 Å². The molecule has 3 aromatic carbocycles. The molecule has 43 heavy (non-hydrogen) atoms. The molecule has 5 nitrogen and oxygen atoms in total. The van der Waals surface area contributed by atoms with E-state index in [1.54, 1.807) is 30.5 Å². The maximum Gasteiger partial charge on any atom is 0.131 e. The van der Waals surface area contributed by atoms with E-state index >= 15 is 4.39 Å². The van der Waals surface area contributed by atoms with Gasteiger partial charge in [0, 0.05) is 66.1 Å². The van der Waals surface area contributed by atoms with E-state index in [0.717, 1.165) is 46.5 Å². The Bertz CT molecular complexity index is 1670. The number of benzene rings is 3. The molecule has 220 valence electrons. The van der Waals surface area contributed by atoms with Crippen LogP contribution < -0.4 is 4.74 Å². The van der Waals surface area contributed by atoms with Crippen LogP contribution in [-0.4, -0.2) is 40.4 Å². The highest BCUT2D eigenvalue weighted by molar-refractivity contribution is 6.31. The number of rotatable bonds is 8. The van der Waals surface area contributed by atoms with E-state index in [9.17, 15) is 14.8 Å². The summed E-state index contributed by atoms with van der Waals surface area (Å²) < 4.78 is 36.7. The monoisotopic (exact) mass is 599 g/mol. The normalized spacial score (nSPS) is 18.8. The smallest absolute Gasteiger partial charge is 0.131 e. The second-order valence-electron chi connectivity index (χ2n) is 11.4. The Kier molecular flexibility index (Phi) is 8.71. The summed E-state index contributed by atoms with van der Waals surface area (Å²) in [5.74, 6) is -0.117. The zero-order chi connectivity index (χ0) is 29.9. The lowest BCUT2D eigenvalue weighted by Gasteiger charge is -2.30. The minimum atomic E-state index is -1.14. The summed E-state index contributed by atoms with van der Waals surface area (Å²) in [6.07, 6.45) is 3.76. The van der Waals surface area contributed by atoms with Crippen LogP contribution in [0.2, 0.25) is 5.02 Å². The van der Waals surface area contributed by atoms with Gasteiger partial charge in [-0.3, -0.25) is 9.88 Å². The fourth-order valence-corrected chi connectivity index (χ4v) is 6.54. The Hall–Kier alpha value is -3.83. The van der Waals surface area contributed by atoms with Crippen LogP contribution in [0.3, 0.4) is 0 Å². The summed E-state index contributed by atoms with van der Waals surface area (Å²) in [6.45, 7) is 2.34. The highest BCUT2D eigenvalue weighted by Crippen LogP contribution is 2.44. The van der Waals surface area contributed by atoms with Crippen LogP contribution in [0.25, 0.3) is 11.1 Å². The molecule has 1 aromatic heterocycles. The van der Waals surface area contributed by atoms with Crippen LogP contribution in [0.4, 0.5) is 8.78 Å². The Balaban J connectivity index is 1.30. The molecule has 1 unspecified atom stereocenters. The number of alkyl halides is 1. The quantitative estimate of drug-likeness (QED) is 0.233. The number of ether oxygens (including phenoxy) is 1. The molecule has 0 amide bonds. The Morgan fingerprint density at radius 2 is 1.81 bits per heavy atom. The van der Waals surface area contributed by atoms with Gasteiger partial charge in [0.05, 0.1) is 11.7 Å². The van der Waals surface area contributed by atoms with Crippen molar-refractivity contribution < 1.29 is 18.6 Å². The zero-order valence-corrected chi connectivity index (χ0v) is 24.4. The van der Waals surface area contributed by atoms with Crippen molar-refractivity contribution in [3.63, 3.8) is 0 Å². The molecular weight excluding hydrogens is 568 g/mol. The number of likely N-dealkylation sites (tertiary alicyclic amines) is 1. The average molecular weight is 600 g/mol. The van der Waals surface area contributed by atoms with Crippen molar-refractivity contribution in [2.75, 3.05) is 13.1 Å². The SMILES string of the molecule is N#Cc1cncc(COc2cc(C[C@@H]3c4cccc(-c5ccccc5F)c4CC3F)c(Cl)cc2CN2CCC(O)CC2)c1. The van der Waals surface area contributed by atoms with E-state index in [1.807, 2.05) is 30.3 Å². The van der Waals surface area contributed by atoms with Gasteiger partial charge in [0.15, 0.2) is 0 Å². The van der Waals surface area contributed by atoms with E-state index in [-0.39, 0.29) is 24.9 Å². The van der Waals surface area contributed by atoms with Gasteiger partial charge in [0.2, 0.25) is 0 Å². The summed E-state index contributed by atoms with van der Waals surface area (Å²) in [5.41, 5.74) is 5.81. The third kappa shape index (κ3) is 6.42. The van der Waals surface area contributed by atoms with Crippen molar-refractivity contribution in [1.29, 1.82) is 5.26 Å². The molecule has 4 aromatic rings. The molecule has 1 aliphatic heterocycles. The number of fused-ring (bicyclic) bond motifs is 1. The first-order valence-electron chi connectivity index (χ1n) is 14.6. The van der Waals surface area contributed by atoms with E-state index in [2.05, 4.69) is 16.0 Å². The van der Waals surface area contributed by atoms with Crippen LogP contribution in [0.5, 0.6) is 5.75 Å². The first-order chi connectivity index (χ1) is 20.9. The van der Waals surface area contributed by atoms with Crippen LogP contribution >= 0.6 is 11.6 Å². The van der Waals surface area contributed by atoms with Crippen LogP contribution in [-0.2, 0) is 26.0 Å². The topological polar surface area (TPSA) is 69.4 Å². The van der Waals surface area contributed by atoms with E-state index in [4.69, 9.17) is 16.3 Å². The molecule has 0 bridgehead atoms. The first-order valence-corrected chi connectivity index (χ1v) is 15.0. The highest BCUT2D eigenvalue weighted by Gasteiger charge is 2.35. The number of aliphatic hydroxyl groups is 1. The van der Waals surface area contributed by atoms with Crippen molar-refractivity contribution in [2.45, 2.75) is 57.0 Å². The number of aromatic nitrogens is 1. The first kappa shape index (κ1) is 29.3. The summed E-state index contributed by atoms with van der Waals surface area (Å²) in [4.78, 5) is 6.40. The number of nitriles is 1. The minimum Gasteiger partial charge on any atom is -0.489 e. The largest absolute Gasteiger partial charge is 0.489 e. The lowest BCUT2D eigenvalue weighted by molar-refractivity contribution is 0.0787. The maximum absolute atomic E-state index is 15.7. The number of nitrogens with zero attached hydrogens (tertiary/aromatic N) is 3. The molecule has 8 heteroatoms. The third-order valence-corrected chi connectivity index (χ3v) is 8.90. The average Bonchev–Trinajstić information content (AvgIpc) is 3.34. The zero-order valence-electron chi connectivity index (χ0n) is 23.6. The molecule has 6 rings (SSSR count). The number of hydrogen-bond acceptors (Lipinski definition) is 5. The van der Waals surface area contributed by atoms with Gasteiger partial charge in [0.1, 0.15) is 30.4 Å². The van der Waals surface area contributed by atoms with Crippen molar-refractivity contribution in [3.05, 3.63) is 117 Å². The lowest BCUT2D eigenvalue weighted by atomic mass is 9.90. The number of pyridine rings is 1. The Morgan fingerprint density at radius 3 is 2.60 bits per heavy atom. The summed E-state index contributed by atoms with van der Waals surface area (Å²) in [5, 5.41) is 19.8. The van der Waals surface area contributed by atoms with E-state index in [1.165, 1.54) is 12.3 Å². The van der Waals surface area contributed by atoms with Crippen molar-refractivity contribution in [3.8, 4) is 22.9 Å². The molecule has 1 aliphatic carbocycles. The summed E-state index contributed by atoms with van der Waals surface area (Å²) >= 11 is 6.87. The molecule has 2 atom stereocenters. The molecule has 0 saturated carbocycles. The number of hydrogen-bond donors (Lipinski definition) is 1. The summed E-state index contributed by atoms with van der Waals surface area (Å²) in [6, 6.07) is 19.9. The second-order valence-corrected chi connectivity index (χ2v) is 11.8. The predicted molar refractivity (Wildman–Crippen MR) is 162 cm³/mol. The maximum atomic E-state index is 15.7. The van der Waals surface area contributed by atoms with Crippen molar-refractivity contribution in [2.24, 2.45) is 0 Å². The second kappa shape index (κ2) is 12.8. The third-order valence-electron chi connectivity index (χ3n) is 8.55. The molecule has 2 heterocycles. The number of halogens is 3. The lowest BCUT2D eigenvalue weighted by Crippen LogP contribution is -2.35. The van der Waals surface area contributed by atoms with Gasteiger partial charge in [0.25, 0.3) is 0 Å². The van der Waals surface area contributed by atoms with Gasteiger partial charge in [-0.1, -0.05) is 48.0 Å². The fourth-order valence-electron chi connectivity index (χ4n) is 6.28. The minimum absolute atomic E-state index is 0.208. The molecular formula is C35H32ClF2N3O2. The molecule has 0 radical (unpaired) electrons. The van der Waals surface area contributed by atoms with Gasteiger partial charge in [-0.05, 0) is 65.8 Å². The highest BCUT2D eigenvalue weighted by atomic mass is 35.5. The predicted octanol–water partition coefficient (Wildman–Crippen LogP) is 7.17. The van der Waals surface area contributed by atoms with Gasteiger partial charge >= 0.3 is 0 Å². The summed E-state index contributed by atoms with van der Waals surface area (Å²) in [7, 11) is 0. The van der Waals surface area contributed by atoms with Crippen molar-refractivity contribution >= 4 is 11.6 Å². The fraction of sp³-hybridized carbons (Fsp3) is 0.314. The molecule has 1 fully saturated rings. The number of piperidine rings is 1. The Labute approximate surface area is 255 Å². The van der Waals surface area contributed by atoms with Crippen molar-refractivity contribution in [1.82, 2.24) is 9.88 Å². The van der Waals surface area contributed by atoms with Crippen LogP contribution in [0.1, 0.15) is 52.1 Å². The van der Waals surface area contributed by atoms with Gasteiger partial charge in [-0.15, -0.1) is 0 Å².